The Hall–Kier alpha value is -2.55. The summed E-state index contributed by atoms with van der Waals surface area (Å²) in [5.41, 5.74) is 2.33. The molecule has 0 aliphatic carbocycles. The zero-order valence-corrected chi connectivity index (χ0v) is 19.4. The summed E-state index contributed by atoms with van der Waals surface area (Å²) in [6, 6.07) is 12.6. The normalized spacial score (nSPS) is 13.8. The van der Waals surface area contributed by atoms with E-state index in [2.05, 4.69) is 21.7 Å². The lowest BCUT2D eigenvalue weighted by Gasteiger charge is -2.30. The second-order valence-corrected chi connectivity index (χ2v) is 6.62. The minimum absolute atomic E-state index is 0. The summed E-state index contributed by atoms with van der Waals surface area (Å²) in [6.07, 6.45) is 3.09. The number of hydrogen-bond acceptors (Lipinski definition) is 6. The first-order chi connectivity index (χ1) is 15.1. The Kier molecular flexibility index (Phi) is 11.3. The molecule has 7 nitrogen and oxygen atoms in total. The monoisotopic (exact) mass is 478 g/mol. The van der Waals surface area contributed by atoms with Gasteiger partial charge in [0.05, 0.1) is 19.9 Å². The number of halogens is 2. The quantitative estimate of drug-likeness (QED) is 0.540. The number of fused-ring (bicyclic) bond motifs is 1. The number of carbonyl (C=O) groups excluding carboxylic acids is 1. The number of amides is 1. The van der Waals surface area contributed by atoms with Gasteiger partial charge in [0.2, 0.25) is 5.96 Å². The number of aliphatic imine (C=N–C) groups is 1. The van der Waals surface area contributed by atoms with Gasteiger partial charge in [0, 0.05) is 11.4 Å². The van der Waals surface area contributed by atoms with Crippen molar-refractivity contribution in [1.82, 2.24) is 9.82 Å². The van der Waals surface area contributed by atoms with Crippen LogP contribution in [-0.4, -0.2) is 60.0 Å². The maximum absolute atomic E-state index is 12.3. The van der Waals surface area contributed by atoms with Crippen LogP contribution in [0.3, 0.4) is 0 Å². The number of guanidine groups is 1. The Bertz CT molecular complexity index is 955. The summed E-state index contributed by atoms with van der Waals surface area (Å²) >= 11 is 10.6. The van der Waals surface area contributed by atoms with Crippen LogP contribution in [-0.2, 0) is 11.3 Å². The molecule has 2 aromatic carbocycles. The van der Waals surface area contributed by atoms with Gasteiger partial charge in [-0.1, -0.05) is 51.1 Å². The standard InChI is InChI=1S/C18H16BClN4O3.C2H6.CH3Cl.CH4/c1-27-15-6-7-16-13(8-15)9-22-24(19(16)26)18-21-10-17(25)23(18)11-12-2-4-14(20)5-3-12;2*1-2;/h2-9,26H,10-11H2,1H3;1-2H3;1H3;1H4. The van der Waals surface area contributed by atoms with Crippen LogP contribution in [0.5, 0.6) is 5.75 Å². The third kappa shape index (κ3) is 6.03. The number of hydrogen-bond donors (Lipinski definition) is 1. The van der Waals surface area contributed by atoms with E-state index in [9.17, 15) is 9.82 Å². The third-order valence-electron chi connectivity index (χ3n) is 4.48. The summed E-state index contributed by atoms with van der Waals surface area (Å²) in [5, 5.41) is 15.7. The van der Waals surface area contributed by atoms with Gasteiger partial charge in [0.1, 0.15) is 12.3 Å². The van der Waals surface area contributed by atoms with Crippen LogP contribution in [0.25, 0.3) is 0 Å². The number of alkyl halides is 1. The average Bonchev–Trinajstić information content (AvgIpc) is 3.17. The Morgan fingerprint density at radius 3 is 2.44 bits per heavy atom. The van der Waals surface area contributed by atoms with Crippen molar-refractivity contribution < 1.29 is 14.6 Å². The highest BCUT2D eigenvalue weighted by Gasteiger charge is 2.38. The molecule has 2 aliphatic rings. The van der Waals surface area contributed by atoms with Crippen molar-refractivity contribution in [2.24, 2.45) is 10.1 Å². The topological polar surface area (TPSA) is 77.7 Å². The molecule has 0 atom stereocenters. The van der Waals surface area contributed by atoms with Crippen molar-refractivity contribution in [3.63, 3.8) is 0 Å². The molecular weight excluding hydrogens is 450 g/mol. The van der Waals surface area contributed by atoms with Gasteiger partial charge in [-0.15, -0.1) is 11.6 Å². The molecule has 2 aromatic rings. The molecule has 0 aromatic heterocycles. The van der Waals surface area contributed by atoms with E-state index in [1.54, 1.807) is 43.7 Å². The number of ether oxygens (including phenoxy) is 1. The molecule has 1 N–H and O–H groups in total. The molecule has 32 heavy (non-hydrogen) atoms. The Labute approximate surface area is 200 Å². The van der Waals surface area contributed by atoms with Crippen molar-refractivity contribution in [3.8, 4) is 5.75 Å². The predicted octanol–water partition coefficient (Wildman–Crippen LogP) is 3.60. The van der Waals surface area contributed by atoms with Gasteiger partial charge in [-0.3, -0.25) is 9.69 Å². The predicted molar refractivity (Wildman–Crippen MR) is 134 cm³/mol. The van der Waals surface area contributed by atoms with Crippen LogP contribution < -0.4 is 10.2 Å². The Morgan fingerprint density at radius 1 is 1.16 bits per heavy atom. The highest BCUT2D eigenvalue weighted by molar-refractivity contribution is 6.67. The molecule has 0 fully saturated rings. The Morgan fingerprint density at radius 2 is 1.81 bits per heavy atom. The van der Waals surface area contributed by atoms with Crippen LogP contribution in [0.15, 0.2) is 52.6 Å². The fourth-order valence-electron chi connectivity index (χ4n) is 3.06. The summed E-state index contributed by atoms with van der Waals surface area (Å²) in [7, 11) is 0.533. The van der Waals surface area contributed by atoms with Crippen LogP contribution in [0.1, 0.15) is 32.4 Å². The molecule has 1 amide bonds. The van der Waals surface area contributed by atoms with Crippen LogP contribution in [0.2, 0.25) is 5.02 Å². The van der Waals surface area contributed by atoms with E-state index in [1.165, 1.54) is 16.2 Å². The summed E-state index contributed by atoms with van der Waals surface area (Å²) in [5.74, 6) is 0.849. The average molecular weight is 479 g/mol. The molecule has 0 bridgehead atoms. The number of carbonyl (C=O) groups is 1. The molecular formula is C22H29BCl2N4O3. The van der Waals surface area contributed by atoms with Crippen LogP contribution in [0, 0.1) is 0 Å². The van der Waals surface area contributed by atoms with Crippen molar-refractivity contribution in [2.75, 3.05) is 20.0 Å². The van der Waals surface area contributed by atoms with Gasteiger partial charge in [0.25, 0.3) is 5.91 Å². The van der Waals surface area contributed by atoms with E-state index in [4.69, 9.17) is 16.3 Å². The van der Waals surface area contributed by atoms with Crippen LogP contribution in [0.4, 0.5) is 0 Å². The van der Waals surface area contributed by atoms with Gasteiger partial charge in [-0.05, 0) is 40.9 Å². The van der Waals surface area contributed by atoms with E-state index < -0.39 is 7.05 Å². The fraction of sp³-hybridized carbons (Fsp3) is 0.318. The molecule has 172 valence electrons. The van der Waals surface area contributed by atoms with Crippen molar-refractivity contribution in [3.05, 3.63) is 58.6 Å². The molecule has 4 rings (SSSR count). The second-order valence-electron chi connectivity index (χ2n) is 6.18. The van der Waals surface area contributed by atoms with Crippen molar-refractivity contribution >= 4 is 53.8 Å². The lowest BCUT2D eigenvalue weighted by Crippen LogP contribution is -2.56. The first-order valence-corrected chi connectivity index (χ1v) is 10.9. The highest BCUT2D eigenvalue weighted by Crippen LogP contribution is 2.19. The molecule has 0 spiro atoms. The van der Waals surface area contributed by atoms with Crippen molar-refractivity contribution in [2.45, 2.75) is 27.8 Å². The molecule has 0 saturated carbocycles. The maximum atomic E-state index is 12.3. The van der Waals surface area contributed by atoms with E-state index in [0.717, 1.165) is 11.1 Å². The molecule has 0 unspecified atom stereocenters. The molecule has 2 heterocycles. The molecule has 2 aliphatic heterocycles. The number of nitrogens with zero attached hydrogens (tertiary/aromatic N) is 4. The summed E-state index contributed by atoms with van der Waals surface area (Å²) in [4.78, 5) is 19.5. The lowest BCUT2D eigenvalue weighted by atomic mass is 9.70. The molecule has 0 saturated heterocycles. The SMILES string of the molecule is C.CC.CCl.COc1ccc2c(c1)C=NN(C1=NCC(=O)N1Cc1ccc(Cl)cc1)B2O. The zero-order chi connectivity index (χ0) is 23.0. The molecule has 0 radical (unpaired) electrons. The van der Waals surface area contributed by atoms with Gasteiger partial charge < -0.3 is 9.76 Å². The van der Waals surface area contributed by atoms with Gasteiger partial charge in [-0.25, -0.2) is 9.91 Å². The number of rotatable bonds is 3. The summed E-state index contributed by atoms with van der Waals surface area (Å²) in [6.45, 7) is 4.35. The number of methoxy groups -OCH3 is 1. The third-order valence-corrected chi connectivity index (χ3v) is 4.73. The number of hydrazone groups is 1. The highest BCUT2D eigenvalue weighted by atomic mass is 35.5. The summed E-state index contributed by atoms with van der Waals surface area (Å²) < 4.78 is 5.21. The van der Waals surface area contributed by atoms with Crippen LogP contribution >= 0.6 is 23.2 Å². The molecule has 10 heteroatoms. The van der Waals surface area contributed by atoms with Gasteiger partial charge >= 0.3 is 7.05 Å². The van der Waals surface area contributed by atoms with Crippen molar-refractivity contribution in [1.29, 1.82) is 0 Å². The van der Waals surface area contributed by atoms with E-state index in [0.29, 0.717) is 28.7 Å². The maximum Gasteiger partial charge on any atom is 0.474 e. The van der Waals surface area contributed by atoms with Gasteiger partial charge in [0.15, 0.2) is 0 Å². The van der Waals surface area contributed by atoms with E-state index in [1.807, 2.05) is 26.0 Å². The zero-order valence-electron chi connectivity index (χ0n) is 17.9. The first-order valence-electron chi connectivity index (χ1n) is 9.73. The minimum atomic E-state index is -1.05. The van der Waals surface area contributed by atoms with E-state index >= 15 is 0 Å². The fourth-order valence-corrected chi connectivity index (χ4v) is 3.18. The van der Waals surface area contributed by atoms with E-state index in [-0.39, 0.29) is 19.9 Å². The number of benzene rings is 2. The largest absolute Gasteiger partial charge is 0.497 e. The lowest BCUT2D eigenvalue weighted by molar-refractivity contribution is -0.125. The Balaban J connectivity index is 0.000000971. The first kappa shape index (κ1) is 27.5. The second kappa shape index (κ2) is 13.1. The smallest absolute Gasteiger partial charge is 0.474 e. The van der Waals surface area contributed by atoms with Gasteiger partial charge in [-0.2, -0.15) is 5.10 Å². The minimum Gasteiger partial charge on any atom is -0.497 e.